The van der Waals surface area contributed by atoms with E-state index in [1.54, 1.807) is 11.4 Å². The van der Waals surface area contributed by atoms with Gasteiger partial charge < -0.3 is 4.74 Å². The van der Waals surface area contributed by atoms with Crippen molar-refractivity contribution in [2.45, 2.75) is 6.92 Å². The number of carbonyl (C=O) groups excluding carboxylic acids is 1. The van der Waals surface area contributed by atoms with Crippen LogP contribution >= 0.6 is 11.3 Å². The summed E-state index contributed by atoms with van der Waals surface area (Å²) < 4.78 is 5.15. The lowest BCUT2D eigenvalue weighted by Crippen LogP contribution is -1.87. The van der Waals surface area contributed by atoms with Gasteiger partial charge in [-0.3, -0.25) is 4.79 Å². The number of thiophene rings is 1. The lowest BCUT2D eigenvalue weighted by atomic mass is 10.4. The van der Waals surface area contributed by atoms with Crippen molar-refractivity contribution in [3.8, 4) is 5.06 Å². The van der Waals surface area contributed by atoms with E-state index >= 15 is 0 Å². The van der Waals surface area contributed by atoms with Crippen molar-refractivity contribution in [3.05, 3.63) is 17.0 Å². The fourth-order valence-electron chi connectivity index (χ4n) is 0.610. The zero-order valence-electron chi connectivity index (χ0n) is 5.66. The normalized spacial score (nSPS) is 9.30. The molecule has 0 aliphatic carbocycles. The minimum absolute atomic E-state index is 0.652. The van der Waals surface area contributed by atoms with Gasteiger partial charge in [-0.05, 0) is 6.92 Å². The molecule has 0 radical (unpaired) electrons. The van der Waals surface area contributed by atoms with Crippen molar-refractivity contribution < 1.29 is 9.53 Å². The van der Waals surface area contributed by atoms with E-state index in [1.165, 1.54) is 11.3 Å². The second-order valence-electron chi connectivity index (χ2n) is 1.75. The molecule has 0 spiro atoms. The average molecular weight is 156 g/mol. The van der Waals surface area contributed by atoms with Gasteiger partial charge in [0.25, 0.3) is 0 Å². The smallest absolute Gasteiger partial charge is 0.174 e. The van der Waals surface area contributed by atoms with Crippen LogP contribution in [0, 0.1) is 0 Å². The number of hydrogen-bond acceptors (Lipinski definition) is 3. The first kappa shape index (κ1) is 7.28. The molecule has 0 aliphatic rings. The highest BCUT2D eigenvalue weighted by Gasteiger charge is 1.96. The van der Waals surface area contributed by atoms with Crippen LogP contribution in [0.3, 0.4) is 0 Å². The summed E-state index contributed by atoms with van der Waals surface area (Å²) in [5, 5.41) is 2.59. The lowest BCUT2D eigenvalue weighted by Gasteiger charge is -1.93. The Hall–Kier alpha value is -0.830. The molecule has 2 nitrogen and oxygen atoms in total. The minimum Gasteiger partial charge on any atom is -0.484 e. The van der Waals surface area contributed by atoms with Crippen molar-refractivity contribution in [1.29, 1.82) is 0 Å². The van der Waals surface area contributed by atoms with Crippen LogP contribution in [0.4, 0.5) is 0 Å². The molecule has 0 saturated carbocycles. The van der Waals surface area contributed by atoms with Crippen LogP contribution in [-0.4, -0.2) is 12.9 Å². The number of carbonyl (C=O) groups is 1. The quantitative estimate of drug-likeness (QED) is 0.625. The molecular formula is C7H8O2S. The van der Waals surface area contributed by atoms with Crippen molar-refractivity contribution in [1.82, 2.24) is 0 Å². The van der Waals surface area contributed by atoms with Gasteiger partial charge >= 0.3 is 0 Å². The van der Waals surface area contributed by atoms with Gasteiger partial charge in [-0.25, -0.2) is 0 Å². The molecule has 0 aromatic carbocycles. The highest BCUT2D eigenvalue weighted by Crippen LogP contribution is 2.21. The van der Waals surface area contributed by atoms with Gasteiger partial charge in [0, 0.05) is 17.0 Å². The predicted molar refractivity (Wildman–Crippen MR) is 40.9 cm³/mol. The molecule has 1 aromatic heterocycles. The van der Waals surface area contributed by atoms with Crippen LogP contribution in [0.15, 0.2) is 11.4 Å². The summed E-state index contributed by atoms with van der Waals surface area (Å²) in [4.78, 5) is 10.2. The topological polar surface area (TPSA) is 26.3 Å². The molecule has 0 atom stereocenters. The molecule has 0 unspecified atom stereocenters. The Morgan fingerprint density at radius 3 is 3.10 bits per heavy atom. The number of hydrogen-bond donors (Lipinski definition) is 0. The SMILES string of the molecule is CCOc1cc(C=O)cs1. The van der Waals surface area contributed by atoms with Gasteiger partial charge in [0.1, 0.15) is 0 Å². The third-order valence-electron chi connectivity index (χ3n) is 1.02. The predicted octanol–water partition coefficient (Wildman–Crippen LogP) is 1.96. The zero-order valence-corrected chi connectivity index (χ0v) is 6.48. The molecule has 1 rings (SSSR count). The maximum absolute atomic E-state index is 10.2. The summed E-state index contributed by atoms with van der Waals surface area (Å²) in [5.41, 5.74) is 0.688. The number of rotatable bonds is 3. The molecule has 1 aromatic rings. The lowest BCUT2D eigenvalue weighted by molar-refractivity contribution is 0.112. The minimum atomic E-state index is 0.652. The van der Waals surface area contributed by atoms with Gasteiger partial charge in [-0.15, -0.1) is 11.3 Å². The first-order valence-electron chi connectivity index (χ1n) is 3.03. The molecular weight excluding hydrogens is 148 g/mol. The second kappa shape index (κ2) is 3.37. The Morgan fingerprint density at radius 1 is 1.80 bits per heavy atom. The molecule has 0 bridgehead atoms. The van der Waals surface area contributed by atoms with E-state index in [9.17, 15) is 4.79 Å². The highest BCUT2D eigenvalue weighted by atomic mass is 32.1. The van der Waals surface area contributed by atoms with E-state index in [2.05, 4.69) is 0 Å². The van der Waals surface area contributed by atoms with Crippen LogP contribution in [0.2, 0.25) is 0 Å². The number of ether oxygens (including phenoxy) is 1. The fourth-order valence-corrected chi connectivity index (χ4v) is 1.38. The molecule has 0 N–H and O–H groups in total. The summed E-state index contributed by atoms with van der Waals surface area (Å²) in [6.07, 6.45) is 0.818. The summed E-state index contributed by atoms with van der Waals surface area (Å²) in [6, 6.07) is 1.74. The van der Waals surface area contributed by atoms with E-state index < -0.39 is 0 Å². The molecule has 0 fully saturated rings. The highest BCUT2D eigenvalue weighted by molar-refractivity contribution is 7.12. The Balaban J connectivity index is 2.68. The Labute approximate surface area is 63.4 Å². The van der Waals surface area contributed by atoms with E-state index in [4.69, 9.17) is 4.74 Å². The van der Waals surface area contributed by atoms with Crippen LogP contribution in [-0.2, 0) is 0 Å². The monoisotopic (exact) mass is 156 g/mol. The zero-order chi connectivity index (χ0) is 7.40. The summed E-state index contributed by atoms with van der Waals surface area (Å²) in [6.45, 7) is 2.57. The van der Waals surface area contributed by atoms with Crippen LogP contribution < -0.4 is 4.74 Å². The molecule has 0 aliphatic heterocycles. The van der Waals surface area contributed by atoms with Crippen molar-refractivity contribution in [2.24, 2.45) is 0 Å². The molecule has 0 amide bonds. The van der Waals surface area contributed by atoms with Crippen LogP contribution in [0.25, 0.3) is 0 Å². The van der Waals surface area contributed by atoms with Crippen LogP contribution in [0.5, 0.6) is 5.06 Å². The van der Waals surface area contributed by atoms with Crippen LogP contribution in [0.1, 0.15) is 17.3 Å². The summed E-state index contributed by atoms with van der Waals surface area (Å²) in [7, 11) is 0. The van der Waals surface area contributed by atoms with E-state index in [0.29, 0.717) is 12.2 Å². The number of aldehydes is 1. The molecule has 10 heavy (non-hydrogen) atoms. The molecule has 1 heterocycles. The van der Waals surface area contributed by atoms with Gasteiger partial charge in [0.05, 0.1) is 6.61 Å². The van der Waals surface area contributed by atoms with Gasteiger partial charge in [0.2, 0.25) is 0 Å². The average Bonchev–Trinajstić information content (AvgIpc) is 2.37. The summed E-state index contributed by atoms with van der Waals surface area (Å²) >= 11 is 1.45. The first-order chi connectivity index (χ1) is 4.86. The third-order valence-corrected chi connectivity index (χ3v) is 1.88. The Morgan fingerprint density at radius 2 is 2.60 bits per heavy atom. The van der Waals surface area contributed by atoms with Crippen molar-refractivity contribution in [2.75, 3.05) is 6.61 Å². The fraction of sp³-hybridized carbons (Fsp3) is 0.286. The Bertz CT molecular complexity index is 217. The van der Waals surface area contributed by atoms with E-state index in [1.807, 2.05) is 6.92 Å². The van der Waals surface area contributed by atoms with E-state index in [0.717, 1.165) is 11.3 Å². The molecule has 3 heteroatoms. The first-order valence-corrected chi connectivity index (χ1v) is 3.91. The Kier molecular flexibility index (Phi) is 2.45. The standard InChI is InChI=1S/C7H8O2S/c1-2-9-7-3-6(4-8)5-10-7/h3-5H,2H2,1H3. The molecule has 0 saturated heterocycles. The maximum Gasteiger partial charge on any atom is 0.174 e. The van der Waals surface area contributed by atoms with Gasteiger partial charge in [-0.2, -0.15) is 0 Å². The van der Waals surface area contributed by atoms with Gasteiger partial charge in [-0.1, -0.05) is 0 Å². The van der Waals surface area contributed by atoms with Crippen molar-refractivity contribution in [3.63, 3.8) is 0 Å². The third kappa shape index (κ3) is 1.57. The largest absolute Gasteiger partial charge is 0.484 e. The maximum atomic E-state index is 10.2. The second-order valence-corrected chi connectivity index (χ2v) is 2.62. The van der Waals surface area contributed by atoms with Gasteiger partial charge in [0.15, 0.2) is 11.3 Å². The summed E-state index contributed by atoms with van der Waals surface area (Å²) in [5.74, 6) is 0. The van der Waals surface area contributed by atoms with E-state index in [-0.39, 0.29) is 0 Å². The molecule has 54 valence electrons. The van der Waals surface area contributed by atoms with Crippen molar-refractivity contribution >= 4 is 17.6 Å².